The highest BCUT2D eigenvalue weighted by Gasteiger charge is 2.26. The van der Waals surface area contributed by atoms with Gasteiger partial charge in [0.1, 0.15) is 11.8 Å². The van der Waals surface area contributed by atoms with Crippen LogP contribution < -0.4 is 10.1 Å². The Kier molecular flexibility index (Phi) is 9.00. The van der Waals surface area contributed by atoms with Crippen LogP contribution in [0.2, 0.25) is 10.0 Å². The lowest BCUT2D eigenvalue weighted by Crippen LogP contribution is -2.49. The lowest BCUT2D eigenvalue weighted by molar-refractivity contribution is -0.142. The Morgan fingerprint density at radius 3 is 2.43 bits per heavy atom. The Balaban J connectivity index is 2.16. The van der Waals surface area contributed by atoms with Crippen molar-refractivity contribution in [3.8, 4) is 5.75 Å². The van der Waals surface area contributed by atoms with Crippen LogP contribution >= 0.6 is 23.2 Å². The smallest absolute Gasteiger partial charge is 0.261 e. The summed E-state index contributed by atoms with van der Waals surface area (Å²) >= 11 is 12.1. The second-order valence-electron chi connectivity index (χ2n) is 7.69. The topological polar surface area (TPSA) is 58.6 Å². The summed E-state index contributed by atoms with van der Waals surface area (Å²) in [6, 6.07) is 12.0. The molecule has 1 N–H and O–H groups in total. The van der Waals surface area contributed by atoms with E-state index in [-0.39, 0.29) is 25.0 Å². The van der Waals surface area contributed by atoms with Crippen molar-refractivity contribution < 1.29 is 14.3 Å². The van der Waals surface area contributed by atoms with Crippen LogP contribution in [-0.4, -0.2) is 35.9 Å². The lowest BCUT2D eigenvalue weighted by Gasteiger charge is -2.29. The Morgan fingerprint density at radius 2 is 1.80 bits per heavy atom. The average molecular weight is 451 g/mol. The van der Waals surface area contributed by atoms with Gasteiger partial charge in [-0.25, -0.2) is 0 Å². The summed E-state index contributed by atoms with van der Waals surface area (Å²) in [7, 11) is 0. The molecule has 0 spiro atoms. The Labute approximate surface area is 188 Å². The van der Waals surface area contributed by atoms with Gasteiger partial charge in [0.2, 0.25) is 5.91 Å². The van der Waals surface area contributed by atoms with Crippen LogP contribution in [0.25, 0.3) is 0 Å². The van der Waals surface area contributed by atoms with Gasteiger partial charge in [0.25, 0.3) is 5.91 Å². The molecule has 30 heavy (non-hydrogen) atoms. The molecule has 0 aliphatic rings. The zero-order chi connectivity index (χ0) is 22.3. The molecule has 5 nitrogen and oxygen atoms in total. The number of amides is 2. The van der Waals surface area contributed by atoms with E-state index in [0.717, 1.165) is 11.1 Å². The molecule has 0 bridgehead atoms. The van der Waals surface area contributed by atoms with Crippen molar-refractivity contribution in [1.29, 1.82) is 0 Å². The van der Waals surface area contributed by atoms with Gasteiger partial charge in [0.05, 0.1) is 10.0 Å². The van der Waals surface area contributed by atoms with Gasteiger partial charge in [-0.1, -0.05) is 55.2 Å². The highest BCUT2D eigenvalue weighted by Crippen LogP contribution is 2.24. The van der Waals surface area contributed by atoms with Gasteiger partial charge in [0, 0.05) is 13.1 Å². The van der Waals surface area contributed by atoms with E-state index in [1.54, 1.807) is 31.2 Å². The molecular weight excluding hydrogens is 423 g/mol. The third-order valence-corrected chi connectivity index (χ3v) is 5.28. The fourth-order valence-electron chi connectivity index (χ4n) is 2.80. The molecule has 0 aliphatic heterocycles. The summed E-state index contributed by atoms with van der Waals surface area (Å²) in [4.78, 5) is 27.1. The molecular formula is C23H28Cl2N2O3. The molecule has 0 aliphatic carbocycles. The summed E-state index contributed by atoms with van der Waals surface area (Å²) in [5.74, 6) is 0.405. The van der Waals surface area contributed by atoms with Gasteiger partial charge in [-0.3, -0.25) is 9.59 Å². The number of carbonyl (C=O) groups excluding carboxylic acids is 2. The van der Waals surface area contributed by atoms with E-state index in [1.807, 2.05) is 39.0 Å². The summed E-state index contributed by atoms with van der Waals surface area (Å²) < 4.78 is 5.67. The number of benzene rings is 2. The average Bonchev–Trinajstić information content (AvgIpc) is 2.70. The first-order chi connectivity index (χ1) is 14.2. The highest BCUT2D eigenvalue weighted by atomic mass is 35.5. The van der Waals surface area contributed by atoms with Crippen LogP contribution in [0, 0.1) is 12.8 Å². The van der Waals surface area contributed by atoms with Crippen molar-refractivity contribution in [3.05, 3.63) is 63.6 Å². The number of rotatable bonds is 9. The first-order valence-corrected chi connectivity index (χ1v) is 10.6. The summed E-state index contributed by atoms with van der Waals surface area (Å²) in [5, 5.41) is 3.72. The van der Waals surface area contributed by atoms with Gasteiger partial charge in [-0.15, -0.1) is 0 Å². The highest BCUT2D eigenvalue weighted by molar-refractivity contribution is 6.42. The van der Waals surface area contributed by atoms with E-state index in [4.69, 9.17) is 27.9 Å². The molecule has 2 amide bonds. The number of aryl methyl sites for hydroxylation is 1. The summed E-state index contributed by atoms with van der Waals surface area (Å²) in [6.45, 7) is 8.26. The predicted molar refractivity (Wildman–Crippen MR) is 121 cm³/mol. The van der Waals surface area contributed by atoms with Gasteiger partial charge >= 0.3 is 0 Å². The van der Waals surface area contributed by atoms with Crippen LogP contribution in [0.15, 0.2) is 42.5 Å². The van der Waals surface area contributed by atoms with Crippen molar-refractivity contribution in [2.75, 3.05) is 13.2 Å². The zero-order valence-corrected chi connectivity index (χ0v) is 19.3. The fraction of sp³-hybridized carbons (Fsp3) is 0.391. The van der Waals surface area contributed by atoms with Crippen LogP contribution in [0.5, 0.6) is 5.75 Å². The van der Waals surface area contributed by atoms with E-state index < -0.39 is 6.04 Å². The minimum absolute atomic E-state index is 0.174. The number of carbonyl (C=O) groups is 2. The molecule has 0 radical (unpaired) electrons. The van der Waals surface area contributed by atoms with Crippen LogP contribution in [0.4, 0.5) is 0 Å². The Bertz CT molecular complexity index is 887. The standard InChI is InChI=1S/C23H28Cl2N2O3/c1-15(2)12-26-23(29)17(4)27(13-18-8-9-20(24)21(25)11-18)22(28)14-30-19-7-5-6-16(3)10-19/h5-11,15,17H,12-14H2,1-4H3,(H,26,29). The van der Waals surface area contributed by atoms with Crippen molar-refractivity contribution in [1.82, 2.24) is 10.2 Å². The lowest BCUT2D eigenvalue weighted by atomic mass is 10.1. The largest absolute Gasteiger partial charge is 0.484 e. The number of nitrogens with one attached hydrogen (secondary N) is 1. The molecule has 0 saturated carbocycles. The molecule has 2 rings (SSSR count). The van der Waals surface area contributed by atoms with E-state index >= 15 is 0 Å². The second kappa shape index (κ2) is 11.2. The normalized spacial score (nSPS) is 11.8. The first-order valence-electron chi connectivity index (χ1n) is 9.88. The maximum absolute atomic E-state index is 13.0. The maximum atomic E-state index is 13.0. The summed E-state index contributed by atoms with van der Waals surface area (Å²) in [6.07, 6.45) is 0. The van der Waals surface area contributed by atoms with Crippen LogP contribution in [0.1, 0.15) is 31.9 Å². The maximum Gasteiger partial charge on any atom is 0.261 e. The molecule has 0 heterocycles. The molecule has 7 heteroatoms. The number of hydrogen-bond donors (Lipinski definition) is 1. The first kappa shape index (κ1) is 24.0. The molecule has 2 aromatic rings. The third kappa shape index (κ3) is 7.22. The second-order valence-corrected chi connectivity index (χ2v) is 8.50. The van der Waals surface area contributed by atoms with Crippen molar-refractivity contribution in [2.45, 2.75) is 40.3 Å². The number of hydrogen-bond acceptors (Lipinski definition) is 3. The zero-order valence-electron chi connectivity index (χ0n) is 17.7. The Morgan fingerprint density at radius 1 is 1.07 bits per heavy atom. The fourth-order valence-corrected chi connectivity index (χ4v) is 3.12. The third-order valence-electron chi connectivity index (χ3n) is 4.54. The SMILES string of the molecule is Cc1cccc(OCC(=O)N(Cc2ccc(Cl)c(Cl)c2)C(C)C(=O)NCC(C)C)c1. The van der Waals surface area contributed by atoms with E-state index in [1.165, 1.54) is 4.90 Å². The Hall–Kier alpha value is -2.24. The molecule has 1 atom stereocenters. The van der Waals surface area contributed by atoms with Crippen LogP contribution in [0.3, 0.4) is 0 Å². The minimum Gasteiger partial charge on any atom is -0.484 e. The van der Waals surface area contributed by atoms with Gasteiger partial charge in [0.15, 0.2) is 6.61 Å². The van der Waals surface area contributed by atoms with E-state index in [9.17, 15) is 9.59 Å². The van der Waals surface area contributed by atoms with E-state index in [0.29, 0.717) is 28.3 Å². The van der Waals surface area contributed by atoms with Crippen molar-refractivity contribution >= 4 is 35.0 Å². The monoisotopic (exact) mass is 450 g/mol. The molecule has 2 aromatic carbocycles. The number of ether oxygens (including phenoxy) is 1. The molecule has 0 aromatic heterocycles. The van der Waals surface area contributed by atoms with E-state index in [2.05, 4.69) is 5.32 Å². The number of halogens is 2. The molecule has 0 saturated heterocycles. The van der Waals surface area contributed by atoms with Gasteiger partial charge in [-0.2, -0.15) is 0 Å². The van der Waals surface area contributed by atoms with Crippen molar-refractivity contribution in [3.63, 3.8) is 0 Å². The van der Waals surface area contributed by atoms with Gasteiger partial charge < -0.3 is 15.0 Å². The van der Waals surface area contributed by atoms with Gasteiger partial charge in [-0.05, 0) is 55.2 Å². The number of nitrogens with zero attached hydrogens (tertiary/aromatic N) is 1. The minimum atomic E-state index is -0.674. The summed E-state index contributed by atoms with van der Waals surface area (Å²) in [5.41, 5.74) is 1.81. The van der Waals surface area contributed by atoms with Crippen LogP contribution in [-0.2, 0) is 16.1 Å². The molecule has 162 valence electrons. The predicted octanol–water partition coefficient (Wildman–Crippen LogP) is 4.87. The quantitative estimate of drug-likeness (QED) is 0.592. The molecule has 0 fully saturated rings. The molecule has 1 unspecified atom stereocenters. The van der Waals surface area contributed by atoms with Crippen molar-refractivity contribution in [2.24, 2.45) is 5.92 Å².